The number of nitrogens with zero attached hydrogens (tertiary/aromatic N) is 8. The molecule has 4 heterocycles. The summed E-state index contributed by atoms with van der Waals surface area (Å²) in [6.45, 7) is 8.12. The molecule has 0 aliphatic carbocycles. The zero-order valence-electron chi connectivity index (χ0n) is 26.2. The molecule has 2 aliphatic rings. The quantitative estimate of drug-likeness (QED) is 0.235. The van der Waals surface area contributed by atoms with Crippen LogP contribution >= 0.6 is 0 Å². The molecule has 236 valence electrons. The molecule has 2 aromatic carbocycles. The lowest BCUT2D eigenvalue weighted by molar-refractivity contribution is 0.307. The number of hydrogen-bond donors (Lipinski definition) is 0. The smallest absolute Gasteiger partial charge is 0.264 e. The molecule has 0 unspecified atom stereocenters. The molecule has 0 bridgehead atoms. The van der Waals surface area contributed by atoms with Gasteiger partial charge in [-0.15, -0.1) is 0 Å². The van der Waals surface area contributed by atoms with E-state index >= 15 is 0 Å². The molecule has 2 saturated heterocycles. The van der Waals surface area contributed by atoms with Crippen molar-refractivity contribution < 1.29 is 14.2 Å². The highest BCUT2D eigenvalue weighted by Crippen LogP contribution is 2.33. The standard InChI is InChI=1S/C34H42N8O3/c1-39-15-19-41(20-16-39)31-33(35-25-27(37-31)13-23-43-29-9-5-3-6-10-29)45-34-32(42-21-17-40(2)18-22-42)38-28(26-36-34)14-24-44-30-11-7-4-8-12-30/h3-12,25-26H,13-24H2,1-2H3. The third-order valence-electron chi connectivity index (χ3n) is 8.08. The van der Waals surface area contributed by atoms with E-state index in [1.807, 2.05) is 60.7 Å². The van der Waals surface area contributed by atoms with E-state index in [1.54, 1.807) is 12.4 Å². The van der Waals surface area contributed by atoms with Crippen molar-refractivity contribution in [2.24, 2.45) is 0 Å². The van der Waals surface area contributed by atoms with Gasteiger partial charge in [0.2, 0.25) is 0 Å². The molecule has 0 saturated carbocycles. The predicted octanol–water partition coefficient (Wildman–Crippen LogP) is 3.81. The summed E-state index contributed by atoms with van der Waals surface area (Å²) in [5, 5.41) is 0. The number of likely N-dealkylation sites (N-methyl/N-ethyl adjacent to an activating group) is 2. The van der Waals surface area contributed by atoms with Crippen molar-refractivity contribution in [2.45, 2.75) is 12.8 Å². The van der Waals surface area contributed by atoms with Crippen LogP contribution in [0.4, 0.5) is 11.6 Å². The van der Waals surface area contributed by atoms with Crippen LogP contribution in [0.15, 0.2) is 73.1 Å². The van der Waals surface area contributed by atoms with E-state index in [1.165, 1.54) is 0 Å². The highest BCUT2D eigenvalue weighted by atomic mass is 16.5. The Balaban J connectivity index is 1.22. The minimum atomic E-state index is 0.442. The number of ether oxygens (including phenoxy) is 3. The van der Waals surface area contributed by atoms with Crippen LogP contribution in [0, 0.1) is 0 Å². The van der Waals surface area contributed by atoms with Crippen LogP contribution in [0.2, 0.25) is 0 Å². The lowest BCUT2D eigenvalue weighted by atomic mass is 10.3. The van der Waals surface area contributed by atoms with Gasteiger partial charge in [0.1, 0.15) is 11.5 Å². The maximum absolute atomic E-state index is 6.54. The lowest BCUT2D eigenvalue weighted by Crippen LogP contribution is -2.45. The molecule has 0 atom stereocenters. The van der Waals surface area contributed by atoms with Gasteiger partial charge in [0.05, 0.1) is 37.0 Å². The van der Waals surface area contributed by atoms with E-state index in [2.05, 4.69) is 33.7 Å². The topological polar surface area (TPSA) is 92.2 Å². The summed E-state index contributed by atoms with van der Waals surface area (Å²) in [5.41, 5.74) is 1.71. The second-order valence-electron chi connectivity index (χ2n) is 11.5. The first kappa shape index (κ1) is 30.5. The Labute approximate surface area is 265 Å². The number of piperazine rings is 2. The van der Waals surface area contributed by atoms with Gasteiger partial charge in [0.25, 0.3) is 11.8 Å². The van der Waals surface area contributed by atoms with E-state index in [9.17, 15) is 0 Å². The van der Waals surface area contributed by atoms with E-state index in [4.69, 9.17) is 34.1 Å². The second-order valence-corrected chi connectivity index (χ2v) is 11.5. The molecule has 11 nitrogen and oxygen atoms in total. The average Bonchev–Trinajstić information content (AvgIpc) is 3.08. The Bertz CT molecular complexity index is 1380. The average molecular weight is 611 g/mol. The van der Waals surface area contributed by atoms with E-state index in [0.717, 1.165) is 86.9 Å². The number of hydrogen-bond acceptors (Lipinski definition) is 11. The Morgan fingerprint density at radius 1 is 0.556 bits per heavy atom. The lowest BCUT2D eigenvalue weighted by Gasteiger charge is -2.34. The van der Waals surface area contributed by atoms with Crippen LogP contribution in [0.3, 0.4) is 0 Å². The third kappa shape index (κ3) is 8.37. The summed E-state index contributed by atoms with van der Waals surface area (Å²) in [4.78, 5) is 28.8. The first-order valence-corrected chi connectivity index (χ1v) is 15.7. The molecule has 11 heteroatoms. The SMILES string of the molecule is CN1CCN(c2nc(CCOc3ccccc3)cnc2Oc2ncc(CCOc3ccccc3)nc2N2CCN(C)CC2)CC1. The van der Waals surface area contributed by atoms with Gasteiger partial charge >= 0.3 is 0 Å². The predicted molar refractivity (Wildman–Crippen MR) is 175 cm³/mol. The van der Waals surface area contributed by atoms with E-state index in [-0.39, 0.29) is 0 Å². The van der Waals surface area contributed by atoms with Crippen LogP contribution in [-0.2, 0) is 12.8 Å². The van der Waals surface area contributed by atoms with Gasteiger partial charge in [-0.05, 0) is 38.4 Å². The van der Waals surface area contributed by atoms with E-state index in [0.29, 0.717) is 37.8 Å². The largest absolute Gasteiger partial charge is 0.493 e. The Morgan fingerprint density at radius 2 is 0.956 bits per heavy atom. The van der Waals surface area contributed by atoms with Gasteiger partial charge in [-0.2, -0.15) is 0 Å². The fourth-order valence-electron chi connectivity index (χ4n) is 5.31. The number of benzene rings is 2. The minimum Gasteiger partial charge on any atom is -0.493 e. The Kier molecular flexibility index (Phi) is 10.2. The fraction of sp³-hybridized carbons (Fsp3) is 0.412. The van der Waals surface area contributed by atoms with Gasteiger partial charge in [-0.3, -0.25) is 0 Å². The molecule has 6 rings (SSSR count). The fourth-order valence-corrected chi connectivity index (χ4v) is 5.31. The van der Waals surface area contributed by atoms with Crippen LogP contribution < -0.4 is 24.0 Å². The van der Waals surface area contributed by atoms with Gasteiger partial charge in [0.15, 0.2) is 11.6 Å². The molecule has 0 amide bonds. The first-order chi connectivity index (χ1) is 22.1. The van der Waals surface area contributed by atoms with Gasteiger partial charge < -0.3 is 33.8 Å². The summed E-state index contributed by atoms with van der Waals surface area (Å²) in [5.74, 6) is 4.03. The van der Waals surface area contributed by atoms with Crippen molar-refractivity contribution in [1.29, 1.82) is 0 Å². The molecule has 0 spiro atoms. The van der Waals surface area contributed by atoms with Gasteiger partial charge in [0, 0.05) is 65.2 Å². The Hall–Kier alpha value is -4.48. The van der Waals surface area contributed by atoms with Crippen molar-refractivity contribution in [3.05, 3.63) is 84.4 Å². The molecule has 0 N–H and O–H groups in total. The zero-order valence-corrected chi connectivity index (χ0v) is 26.2. The molecule has 2 aliphatic heterocycles. The molecule has 2 fully saturated rings. The van der Waals surface area contributed by atoms with Crippen molar-refractivity contribution in [1.82, 2.24) is 29.7 Å². The number of anilines is 2. The number of aromatic nitrogens is 4. The minimum absolute atomic E-state index is 0.442. The molecule has 0 radical (unpaired) electrons. The monoisotopic (exact) mass is 610 g/mol. The third-order valence-corrected chi connectivity index (χ3v) is 8.08. The van der Waals surface area contributed by atoms with Crippen LogP contribution in [0.5, 0.6) is 23.3 Å². The second kappa shape index (κ2) is 15.0. The van der Waals surface area contributed by atoms with Crippen LogP contribution in [0.1, 0.15) is 11.4 Å². The number of rotatable bonds is 12. The summed E-state index contributed by atoms with van der Waals surface area (Å²) >= 11 is 0. The maximum Gasteiger partial charge on any atom is 0.264 e. The molecule has 2 aromatic heterocycles. The first-order valence-electron chi connectivity index (χ1n) is 15.7. The van der Waals surface area contributed by atoms with Crippen LogP contribution in [0.25, 0.3) is 0 Å². The van der Waals surface area contributed by atoms with Crippen LogP contribution in [-0.4, -0.2) is 109 Å². The molecule has 45 heavy (non-hydrogen) atoms. The van der Waals surface area contributed by atoms with Gasteiger partial charge in [-0.1, -0.05) is 36.4 Å². The maximum atomic E-state index is 6.54. The summed E-state index contributed by atoms with van der Waals surface area (Å²) in [6.07, 6.45) is 4.83. The highest BCUT2D eigenvalue weighted by molar-refractivity contribution is 5.55. The summed E-state index contributed by atoms with van der Waals surface area (Å²) in [6, 6.07) is 19.7. The Morgan fingerprint density at radius 3 is 1.36 bits per heavy atom. The number of para-hydroxylation sites is 2. The van der Waals surface area contributed by atoms with Crippen molar-refractivity contribution >= 4 is 11.6 Å². The molecular weight excluding hydrogens is 568 g/mol. The van der Waals surface area contributed by atoms with E-state index < -0.39 is 0 Å². The summed E-state index contributed by atoms with van der Waals surface area (Å²) in [7, 11) is 4.28. The highest BCUT2D eigenvalue weighted by Gasteiger charge is 2.25. The molecule has 4 aromatic rings. The van der Waals surface area contributed by atoms with Crippen molar-refractivity contribution in [3.8, 4) is 23.3 Å². The molecular formula is C34H42N8O3. The van der Waals surface area contributed by atoms with Crippen molar-refractivity contribution in [2.75, 3.05) is 89.5 Å². The zero-order chi connectivity index (χ0) is 30.8. The normalized spacial score (nSPS) is 16.0. The summed E-state index contributed by atoms with van der Waals surface area (Å²) < 4.78 is 18.4. The van der Waals surface area contributed by atoms with Gasteiger partial charge in [-0.25, -0.2) is 19.9 Å². The van der Waals surface area contributed by atoms with Crippen molar-refractivity contribution in [3.63, 3.8) is 0 Å².